The Morgan fingerprint density at radius 2 is 1.94 bits per heavy atom. The first-order valence-corrected chi connectivity index (χ1v) is 6.58. The molecule has 1 saturated carbocycles. The summed E-state index contributed by atoms with van der Waals surface area (Å²) in [7, 11) is 0. The lowest BCUT2D eigenvalue weighted by atomic mass is 9.75. The zero-order valence-electron chi connectivity index (χ0n) is 10.0. The van der Waals surface area contributed by atoms with Crippen LogP contribution in [0.4, 0.5) is 0 Å². The molecule has 0 heterocycles. The minimum Gasteiger partial charge on any atom is -0.311 e. The molecule has 1 aromatic carbocycles. The van der Waals surface area contributed by atoms with Gasteiger partial charge in [-0.25, -0.2) is 0 Å². The third-order valence-electron chi connectivity index (χ3n) is 3.61. The fourth-order valence-electron chi connectivity index (χ4n) is 2.28. The molecule has 0 saturated heterocycles. The highest BCUT2D eigenvalue weighted by atomic mass is 35.5. The minimum atomic E-state index is 0.649. The minimum absolute atomic E-state index is 0.649. The second-order valence-electron chi connectivity index (χ2n) is 4.89. The van der Waals surface area contributed by atoms with Crippen LogP contribution in [0.5, 0.6) is 0 Å². The molecule has 1 nitrogen and oxygen atoms in total. The predicted octanol–water partition coefficient (Wildman–Crippen LogP) is 3.97. The van der Waals surface area contributed by atoms with Crippen molar-refractivity contribution in [1.82, 2.24) is 5.32 Å². The number of nitrogens with one attached hydrogen (secondary N) is 1. The second kappa shape index (κ2) is 5.20. The molecule has 1 fully saturated rings. The molecular formula is C14H20ClN. The molecule has 88 valence electrons. The molecule has 0 aromatic heterocycles. The highest BCUT2D eigenvalue weighted by Crippen LogP contribution is 2.37. The van der Waals surface area contributed by atoms with Gasteiger partial charge >= 0.3 is 0 Å². The summed E-state index contributed by atoms with van der Waals surface area (Å²) >= 11 is 5.88. The van der Waals surface area contributed by atoms with Crippen LogP contribution in [-0.2, 0) is 0 Å². The maximum Gasteiger partial charge on any atom is 0.0406 e. The van der Waals surface area contributed by atoms with E-state index in [0.29, 0.717) is 6.04 Å². The van der Waals surface area contributed by atoms with E-state index in [1.807, 2.05) is 12.1 Å². The van der Waals surface area contributed by atoms with Gasteiger partial charge < -0.3 is 5.32 Å². The Hall–Kier alpha value is -0.530. The van der Waals surface area contributed by atoms with Crippen LogP contribution >= 0.6 is 11.6 Å². The Bertz CT molecular complexity index is 327. The molecule has 0 spiro atoms. The summed E-state index contributed by atoms with van der Waals surface area (Å²) < 4.78 is 0. The van der Waals surface area contributed by atoms with E-state index in [-0.39, 0.29) is 0 Å². The largest absolute Gasteiger partial charge is 0.311 e. The van der Waals surface area contributed by atoms with Crippen molar-refractivity contribution >= 4 is 11.6 Å². The van der Waals surface area contributed by atoms with Crippen LogP contribution in [0.1, 0.15) is 44.6 Å². The van der Waals surface area contributed by atoms with Gasteiger partial charge in [-0.15, -0.1) is 0 Å². The van der Waals surface area contributed by atoms with E-state index in [0.717, 1.165) is 17.0 Å². The standard InChI is InChI=1S/C14H20ClN/c1-3-10(2)16-14-8-12(9-14)11-4-6-13(15)7-5-11/h4-7,10,12,14,16H,3,8-9H2,1-2H3. The summed E-state index contributed by atoms with van der Waals surface area (Å²) in [5.74, 6) is 0.735. The predicted molar refractivity (Wildman–Crippen MR) is 70.1 cm³/mol. The molecule has 16 heavy (non-hydrogen) atoms. The quantitative estimate of drug-likeness (QED) is 0.836. The normalized spacial score (nSPS) is 26.2. The van der Waals surface area contributed by atoms with Crippen molar-refractivity contribution in [2.75, 3.05) is 0 Å². The molecule has 1 aliphatic rings. The van der Waals surface area contributed by atoms with Gasteiger partial charge in [0.25, 0.3) is 0 Å². The molecule has 1 N–H and O–H groups in total. The second-order valence-corrected chi connectivity index (χ2v) is 5.33. The van der Waals surface area contributed by atoms with E-state index in [9.17, 15) is 0 Å². The number of rotatable bonds is 4. The lowest BCUT2D eigenvalue weighted by molar-refractivity contribution is 0.267. The number of halogens is 1. The molecule has 0 radical (unpaired) electrons. The Labute approximate surface area is 103 Å². The summed E-state index contributed by atoms with van der Waals surface area (Å²) in [4.78, 5) is 0. The van der Waals surface area contributed by atoms with Gasteiger partial charge in [-0.1, -0.05) is 30.7 Å². The smallest absolute Gasteiger partial charge is 0.0406 e. The van der Waals surface area contributed by atoms with Crippen molar-refractivity contribution in [3.05, 3.63) is 34.9 Å². The van der Waals surface area contributed by atoms with Crippen molar-refractivity contribution in [3.63, 3.8) is 0 Å². The van der Waals surface area contributed by atoms with Gasteiger partial charge in [0.05, 0.1) is 0 Å². The SMILES string of the molecule is CCC(C)NC1CC(c2ccc(Cl)cc2)C1. The van der Waals surface area contributed by atoms with E-state index >= 15 is 0 Å². The van der Waals surface area contributed by atoms with E-state index in [2.05, 4.69) is 31.3 Å². The third kappa shape index (κ3) is 2.78. The zero-order valence-corrected chi connectivity index (χ0v) is 10.8. The van der Waals surface area contributed by atoms with Gasteiger partial charge in [0.15, 0.2) is 0 Å². The van der Waals surface area contributed by atoms with E-state index in [4.69, 9.17) is 11.6 Å². The average Bonchev–Trinajstić information content (AvgIpc) is 2.24. The van der Waals surface area contributed by atoms with Crippen LogP contribution in [0.3, 0.4) is 0 Å². The van der Waals surface area contributed by atoms with Crippen LogP contribution in [0.15, 0.2) is 24.3 Å². The summed E-state index contributed by atoms with van der Waals surface area (Å²) in [5, 5.41) is 4.48. The summed E-state index contributed by atoms with van der Waals surface area (Å²) in [6, 6.07) is 9.67. The highest BCUT2D eigenvalue weighted by Gasteiger charge is 2.30. The maximum absolute atomic E-state index is 5.88. The maximum atomic E-state index is 5.88. The Balaban J connectivity index is 1.82. The van der Waals surface area contributed by atoms with Gasteiger partial charge in [0.2, 0.25) is 0 Å². The molecule has 2 rings (SSSR count). The fourth-order valence-corrected chi connectivity index (χ4v) is 2.41. The van der Waals surface area contributed by atoms with E-state index in [1.165, 1.54) is 24.8 Å². The van der Waals surface area contributed by atoms with Gasteiger partial charge in [-0.2, -0.15) is 0 Å². The van der Waals surface area contributed by atoms with Crippen molar-refractivity contribution in [2.45, 2.75) is 51.1 Å². The lowest BCUT2D eigenvalue weighted by Crippen LogP contribution is -2.44. The summed E-state index contributed by atoms with van der Waals surface area (Å²) in [6.45, 7) is 4.49. The van der Waals surface area contributed by atoms with Crippen LogP contribution in [0, 0.1) is 0 Å². The Kier molecular flexibility index (Phi) is 3.88. The van der Waals surface area contributed by atoms with Crippen LogP contribution in [0.25, 0.3) is 0 Å². The first-order chi connectivity index (χ1) is 7.69. The van der Waals surface area contributed by atoms with E-state index < -0.39 is 0 Å². The van der Waals surface area contributed by atoms with E-state index in [1.54, 1.807) is 0 Å². The average molecular weight is 238 g/mol. The molecule has 1 aliphatic carbocycles. The summed E-state index contributed by atoms with van der Waals surface area (Å²) in [5.41, 5.74) is 1.44. The molecular weight excluding hydrogens is 218 g/mol. The molecule has 0 amide bonds. The first-order valence-electron chi connectivity index (χ1n) is 6.20. The number of hydrogen-bond donors (Lipinski definition) is 1. The van der Waals surface area contributed by atoms with Gasteiger partial charge in [-0.3, -0.25) is 0 Å². The molecule has 1 unspecified atom stereocenters. The van der Waals surface area contributed by atoms with Crippen molar-refractivity contribution < 1.29 is 0 Å². The number of hydrogen-bond acceptors (Lipinski definition) is 1. The van der Waals surface area contributed by atoms with Gasteiger partial charge in [-0.05, 0) is 49.8 Å². The molecule has 0 aliphatic heterocycles. The Morgan fingerprint density at radius 3 is 2.50 bits per heavy atom. The van der Waals surface area contributed by atoms with Crippen LogP contribution in [0.2, 0.25) is 5.02 Å². The molecule has 0 bridgehead atoms. The van der Waals surface area contributed by atoms with Crippen LogP contribution < -0.4 is 5.32 Å². The molecule has 2 heteroatoms. The van der Waals surface area contributed by atoms with Gasteiger partial charge in [0, 0.05) is 17.1 Å². The summed E-state index contributed by atoms with van der Waals surface area (Å²) in [6.07, 6.45) is 3.75. The molecule has 1 atom stereocenters. The fraction of sp³-hybridized carbons (Fsp3) is 0.571. The topological polar surface area (TPSA) is 12.0 Å². The lowest BCUT2D eigenvalue weighted by Gasteiger charge is -2.38. The molecule has 1 aromatic rings. The number of benzene rings is 1. The third-order valence-corrected chi connectivity index (χ3v) is 3.86. The highest BCUT2D eigenvalue weighted by molar-refractivity contribution is 6.30. The van der Waals surface area contributed by atoms with Crippen molar-refractivity contribution in [2.24, 2.45) is 0 Å². The van der Waals surface area contributed by atoms with Crippen molar-refractivity contribution in [1.29, 1.82) is 0 Å². The Morgan fingerprint density at radius 1 is 1.31 bits per heavy atom. The van der Waals surface area contributed by atoms with Crippen molar-refractivity contribution in [3.8, 4) is 0 Å². The zero-order chi connectivity index (χ0) is 11.5. The monoisotopic (exact) mass is 237 g/mol. The van der Waals surface area contributed by atoms with Gasteiger partial charge in [0.1, 0.15) is 0 Å². The van der Waals surface area contributed by atoms with Crippen LogP contribution in [-0.4, -0.2) is 12.1 Å². The first kappa shape index (κ1) is 11.9.